The smallest absolute Gasteiger partial charge is 0.269 e. The third-order valence-corrected chi connectivity index (χ3v) is 4.12. The number of aromatic nitrogens is 1. The monoisotopic (exact) mass is 388 g/mol. The first-order chi connectivity index (χ1) is 13.4. The number of anilines is 1. The summed E-state index contributed by atoms with van der Waals surface area (Å²) < 4.78 is 4.91. The summed E-state index contributed by atoms with van der Waals surface area (Å²) in [5.41, 5.74) is 0.205. The molecule has 2 rings (SSSR count). The molecule has 0 aliphatic heterocycles. The maximum absolute atomic E-state index is 12.8. The van der Waals surface area contributed by atoms with Crippen molar-refractivity contribution in [2.45, 2.75) is 39.5 Å². The molecule has 1 aromatic carbocycles. The Bertz CT molecular complexity index is 816. The molecule has 0 aliphatic carbocycles. The fourth-order valence-electron chi connectivity index (χ4n) is 2.67. The maximum Gasteiger partial charge on any atom is 0.269 e. The summed E-state index contributed by atoms with van der Waals surface area (Å²) in [7, 11) is 0. The van der Waals surface area contributed by atoms with Crippen LogP contribution < -0.4 is 5.32 Å². The van der Waals surface area contributed by atoms with Gasteiger partial charge in [0, 0.05) is 30.3 Å². The normalized spacial score (nSPS) is 10.5. The van der Waals surface area contributed by atoms with Gasteiger partial charge in [-0.05, 0) is 25.5 Å². The van der Waals surface area contributed by atoms with E-state index in [0.717, 1.165) is 25.7 Å². The average Bonchev–Trinajstić information content (AvgIpc) is 3.08. The molecule has 9 nitrogen and oxygen atoms in total. The molecule has 0 saturated carbocycles. The van der Waals surface area contributed by atoms with Gasteiger partial charge in [-0.1, -0.05) is 31.3 Å². The number of nitro benzene ring substituents is 1. The fourth-order valence-corrected chi connectivity index (χ4v) is 2.67. The summed E-state index contributed by atoms with van der Waals surface area (Å²) in [4.78, 5) is 36.9. The fraction of sp³-hybridized carbons (Fsp3) is 0.421. The van der Waals surface area contributed by atoms with Crippen molar-refractivity contribution in [1.29, 1.82) is 0 Å². The third-order valence-electron chi connectivity index (χ3n) is 4.12. The highest BCUT2D eigenvalue weighted by atomic mass is 16.6. The lowest BCUT2D eigenvalue weighted by atomic mass is 10.1. The number of hydrogen-bond donors (Lipinski definition) is 1. The van der Waals surface area contributed by atoms with E-state index in [4.69, 9.17) is 4.52 Å². The van der Waals surface area contributed by atoms with E-state index in [1.165, 1.54) is 29.2 Å². The van der Waals surface area contributed by atoms with Crippen molar-refractivity contribution < 1.29 is 19.0 Å². The number of rotatable bonds is 10. The second kappa shape index (κ2) is 10.2. The molecule has 1 aromatic heterocycles. The van der Waals surface area contributed by atoms with E-state index in [0.29, 0.717) is 17.9 Å². The second-order valence-corrected chi connectivity index (χ2v) is 6.46. The van der Waals surface area contributed by atoms with Crippen molar-refractivity contribution in [3.05, 3.63) is 51.8 Å². The number of amides is 2. The molecule has 0 aliphatic rings. The number of unbranched alkanes of at least 4 members (excludes halogenated alkanes) is 3. The number of aryl methyl sites for hydroxylation is 1. The van der Waals surface area contributed by atoms with E-state index in [9.17, 15) is 19.7 Å². The van der Waals surface area contributed by atoms with Crippen LogP contribution in [0.3, 0.4) is 0 Å². The molecule has 0 radical (unpaired) electrons. The summed E-state index contributed by atoms with van der Waals surface area (Å²) in [5.74, 6) is 0.113. The lowest BCUT2D eigenvalue weighted by molar-refractivity contribution is -0.384. The van der Waals surface area contributed by atoms with Crippen molar-refractivity contribution in [3.8, 4) is 0 Å². The molecule has 1 N–H and O–H groups in total. The molecule has 0 unspecified atom stereocenters. The molecule has 1 heterocycles. The van der Waals surface area contributed by atoms with Gasteiger partial charge in [-0.3, -0.25) is 19.7 Å². The molecule has 2 amide bonds. The third kappa shape index (κ3) is 6.19. The number of carbonyl (C=O) groups excluding carboxylic acids is 2. The van der Waals surface area contributed by atoms with Gasteiger partial charge >= 0.3 is 0 Å². The minimum absolute atomic E-state index is 0.0924. The number of nitrogens with zero attached hydrogens (tertiary/aromatic N) is 3. The largest absolute Gasteiger partial charge is 0.360 e. The molecule has 0 spiro atoms. The Labute approximate surface area is 162 Å². The Morgan fingerprint density at radius 1 is 1.21 bits per heavy atom. The van der Waals surface area contributed by atoms with Crippen LogP contribution in [0.15, 0.2) is 34.9 Å². The Balaban J connectivity index is 2.06. The summed E-state index contributed by atoms with van der Waals surface area (Å²) in [6.45, 7) is 4.07. The van der Waals surface area contributed by atoms with Crippen LogP contribution in [0.4, 0.5) is 11.5 Å². The van der Waals surface area contributed by atoms with Crippen molar-refractivity contribution >= 4 is 23.3 Å². The lowest BCUT2D eigenvalue weighted by Crippen LogP contribution is -2.38. The van der Waals surface area contributed by atoms with E-state index in [1.807, 2.05) is 0 Å². The number of hydrogen-bond acceptors (Lipinski definition) is 6. The van der Waals surface area contributed by atoms with Gasteiger partial charge in [-0.2, -0.15) is 0 Å². The quantitative estimate of drug-likeness (QED) is 0.378. The van der Waals surface area contributed by atoms with Crippen LogP contribution in [-0.4, -0.2) is 39.9 Å². The standard InChI is InChI=1S/C19H24N4O5/c1-3-4-5-6-11-22(13-18(24)20-17-12-14(2)28-21-17)19(25)15-7-9-16(10-8-15)23(26)27/h7-10,12H,3-6,11,13H2,1-2H3,(H,20,21,24). The van der Waals surface area contributed by atoms with Crippen molar-refractivity contribution in [2.75, 3.05) is 18.4 Å². The van der Waals surface area contributed by atoms with E-state index in [2.05, 4.69) is 17.4 Å². The highest BCUT2D eigenvalue weighted by Gasteiger charge is 2.20. The summed E-state index contributed by atoms with van der Waals surface area (Å²) in [6.07, 6.45) is 3.82. The molecular formula is C19H24N4O5. The van der Waals surface area contributed by atoms with Gasteiger partial charge < -0.3 is 14.7 Å². The van der Waals surface area contributed by atoms with Gasteiger partial charge in [-0.15, -0.1) is 0 Å². The molecule has 28 heavy (non-hydrogen) atoms. The average molecular weight is 388 g/mol. The number of nitro groups is 1. The first-order valence-electron chi connectivity index (χ1n) is 9.17. The summed E-state index contributed by atoms with van der Waals surface area (Å²) >= 11 is 0. The maximum atomic E-state index is 12.8. The van der Waals surface area contributed by atoms with E-state index < -0.39 is 4.92 Å². The lowest BCUT2D eigenvalue weighted by Gasteiger charge is -2.22. The molecule has 0 saturated heterocycles. The highest BCUT2D eigenvalue weighted by molar-refractivity contribution is 5.99. The van der Waals surface area contributed by atoms with Gasteiger partial charge in [0.15, 0.2) is 5.82 Å². The number of nitrogens with one attached hydrogen (secondary N) is 1. The van der Waals surface area contributed by atoms with Gasteiger partial charge in [0.05, 0.1) is 4.92 Å². The molecule has 0 fully saturated rings. The second-order valence-electron chi connectivity index (χ2n) is 6.46. The van der Waals surface area contributed by atoms with Crippen LogP contribution in [-0.2, 0) is 4.79 Å². The van der Waals surface area contributed by atoms with Crippen LogP contribution in [0.25, 0.3) is 0 Å². The minimum Gasteiger partial charge on any atom is -0.360 e. The summed E-state index contributed by atoms with van der Waals surface area (Å²) in [6, 6.07) is 6.94. The van der Waals surface area contributed by atoms with Crippen LogP contribution in [0.1, 0.15) is 48.7 Å². The van der Waals surface area contributed by atoms with E-state index in [-0.39, 0.29) is 29.9 Å². The highest BCUT2D eigenvalue weighted by Crippen LogP contribution is 2.15. The zero-order valence-corrected chi connectivity index (χ0v) is 16.0. The zero-order valence-electron chi connectivity index (χ0n) is 16.0. The SMILES string of the molecule is CCCCCCN(CC(=O)Nc1cc(C)on1)C(=O)c1ccc([N+](=O)[O-])cc1. The van der Waals surface area contributed by atoms with E-state index >= 15 is 0 Å². The first kappa shape index (κ1) is 21.1. The van der Waals surface area contributed by atoms with Gasteiger partial charge in [0.1, 0.15) is 12.3 Å². The number of carbonyl (C=O) groups is 2. The molecule has 2 aromatic rings. The Morgan fingerprint density at radius 3 is 2.50 bits per heavy atom. The molecule has 0 atom stereocenters. The van der Waals surface area contributed by atoms with Crippen molar-refractivity contribution in [3.63, 3.8) is 0 Å². The predicted octanol–water partition coefficient (Wildman–Crippen LogP) is 3.55. The molecule has 150 valence electrons. The van der Waals surface area contributed by atoms with Crippen molar-refractivity contribution in [2.24, 2.45) is 0 Å². The number of non-ortho nitro benzene ring substituents is 1. The Morgan fingerprint density at radius 2 is 1.93 bits per heavy atom. The first-order valence-corrected chi connectivity index (χ1v) is 9.17. The summed E-state index contributed by atoms with van der Waals surface area (Å²) in [5, 5.41) is 17.1. The van der Waals surface area contributed by atoms with Crippen LogP contribution in [0, 0.1) is 17.0 Å². The minimum atomic E-state index is -0.524. The topological polar surface area (TPSA) is 119 Å². The predicted molar refractivity (Wildman–Crippen MR) is 103 cm³/mol. The van der Waals surface area contributed by atoms with Gasteiger partial charge in [0.2, 0.25) is 5.91 Å². The van der Waals surface area contributed by atoms with Crippen LogP contribution in [0.2, 0.25) is 0 Å². The Hall–Kier alpha value is -3.23. The molecule has 0 bridgehead atoms. The van der Waals surface area contributed by atoms with Gasteiger partial charge in [0.25, 0.3) is 11.6 Å². The van der Waals surface area contributed by atoms with Crippen molar-refractivity contribution in [1.82, 2.24) is 10.1 Å². The Kier molecular flexibility index (Phi) is 7.67. The zero-order chi connectivity index (χ0) is 20.5. The molecular weight excluding hydrogens is 364 g/mol. The van der Waals surface area contributed by atoms with Crippen LogP contribution >= 0.6 is 0 Å². The van der Waals surface area contributed by atoms with Crippen LogP contribution in [0.5, 0.6) is 0 Å². The molecule has 9 heteroatoms. The van der Waals surface area contributed by atoms with Gasteiger partial charge in [-0.25, -0.2) is 0 Å². The number of benzene rings is 1. The van der Waals surface area contributed by atoms with E-state index in [1.54, 1.807) is 13.0 Å².